The number of hydrogen-bond acceptors (Lipinski definition) is 1. The highest BCUT2D eigenvalue weighted by Crippen LogP contribution is 2.45. The minimum atomic E-state index is 1.10. The Balaban J connectivity index is 0.914. The minimum Gasteiger partial charge on any atom is -0.310 e. The third-order valence-corrected chi connectivity index (χ3v) is 12.8. The van der Waals surface area contributed by atoms with Gasteiger partial charge in [0.25, 0.3) is 0 Å². The van der Waals surface area contributed by atoms with Gasteiger partial charge in [-0.2, -0.15) is 0 Å². The van der Waals surface area contributed by atoms with Gasteiger partial charge in [0.05, 0.1) is 11.0 Å². The second-order valence-electron chi connectivity index (χ2n) is 16.5. The molecule has 0 aliphatic heterocycles. The third kappa shape index (κ3) is 6.44. The summed E-state index contributed by atoms with van der Waals surface area (Å²) in [6, 6.07) is 92.5. The van der Waals surface area contributed by atoms with Gasteiger partial charge in [0, 0.05) is 33.5 Å². The number of benzene rings is 11. The second-order valence-corrected chi connectivity index (χ2v) is 16.5. The molecule has 12 rings (SSSR count). The van der Waals surface area contributed by atoms with Crippen molar-refractivity contribution in [2.75, 3.05) is 4.90 Å². The zero-order valence-electron chi connectivity index (χ0n) is 35.1. The number of nitrogens with zero attached hydrogens (tertiary/aromatic N) is 2. The summed E-state index contributed by atoms with van der Waals surface area (Å²) in [5, 5.41) is 7.50. The van der Waals surface area contributed by atoms with Crippen LogP contribution in [0.25, 0.3) is 93.5 Å². The van der Waals surface area contributed by atoms with Crippen LogP contribution in [-0.4, -0.2) is 4.57 Å². The second kappa shape index (κ2) is 15.8. The van der Waals surface area contributed by atoms with Gasteiger partial charge in [-0.3, -0.25) is 0 Å². The summed E-state index contributed by atoms with van der Waals surface area (Å²) in [4.78, 5) is 2.36. The van der Waals surface area contributed by atoms with E-state index in [2.05, 4.69) is 264 Å². The predicted molar refractivity (Wildman–Crippen MR) is 272 cm³/mol. The molecule has 0 fully saturated rings. The Morgan fingerprint density at radius 1 is 0.234 bits per heavy atom. The topological polar surface area (TPSA) is 8.17 Å². The van der Waals surface area contributed by atoms with Crippen LogP contribution < -0.4 is 4.90 Å². The van der Waals surface area contributed by atoms with Crippen LogP contribution in [0.5, 0.6) is 0 Å². The molecule has 300 valence electrons. The van der Waals surface area contributed by atoms with E-state index in [-0.39, 0.29) is 0 Å². The van der Waals surface area contributed by atoms with Crippen molar-refractivity contribution >= 4 is 60.4 Å². The van der Waals surface area contributed by atoms with Gasteiger partial charge >= 0.3 is 0 Å². The zero-order chi connectivity index (χ0) is 42.4. The largest absolute Gasteiger partial charge is 0.310 e. The maximum atomic E-state index is 2.40. The molecule has 2 heteroatoms. The van der Waals surface area contributed by atoms with Crippen LogP contribution in [0, 0.1) is 0 Å². The molecule has 0 unspecified atom stereocenters. The summed E-state index contributed by atoms with van der Waals surface area (Å²) < 4.78 is 2.37. The Labute approximate surface area is 373 Å². The smallest absolute Gasteiger partial charge is 0.0542 e. The average Bonchev–Trinajstić information content (AvgIpc) is 3.70. The van der Waals surface area contributed by atoms with E-state index in [0.717, 1.165) is 22.7 Å². The van der Waals surface area contributed by atoms with Crippen molar-refractivity contribution in [2.24, 2.45) is 0 Å². The molecular formula is C62H42N2. The van der Waals surface area contributed by atoms with Crippen molar-refractivity contribution in [2.45, 2.75) is 0 Å². The maximum Gasteiger partial charge on any atom is 0.0542 e. The van der Waals surface area contributed by atoms with Crippen molar-refractivity contribution in [3.05, 3.63) is 255 Å². The fourth-order valence-corrected chi connectivity index (χ4v) is 9.83. The molecule has 0 N–H and O–H groups in total. The summed E-state index contributed by atoms with van der Waals surface area (Å²) in [7, 11) is 0. The Kier molecular flexibility index (Phi) is 9.20. The number of para-hydroxylation sites is 3. The molecule has 0 spiro atoms. The van der Waals surface area contributed by atoms with E-state index in [0.29, 0.717) is 0 Å². The van der Waals surface area contributed by atoms with Gasteiger partial charge in [-0.05, 0) is 133 Å². The first-order valence-electron chi connectivity index (χ1n) is 22.0. The Hall–Kier alpha value is -8.46. The monoisotopic (exact) mass is 814 g/mol. The van der Waals surface area contributed by atoms with E-state index in [1.807, 2.05) is 0 Å². The molecule has 11 aromatic carbocycles. The number of anilines is 3. The molecule has 0 amide bonds. The van der Waals surface area contributed by atoms with Crippen molar-refractivity contribution < 1.29 is 0 Å². The number of aromatic nitrogens is 1. The van der Waals surface area contributed by atoms with Gasteiger partial charge in [-0.25, -0.2) is 0 Å². The van der Waals surface area contributed by atoms with Crippen molar-refractivity contribution in [3.8, 4) is 50.2 Å². The van der Waals surface area contributed by atoms with Crippen LogP contribution in [0.2, 0.25) is 0 Å². The van der Waals surface area contributed by atoms with Gasteiger partial charge in [0.2, 0.25) is 0 Å². The molecule has 0 saturated heterocycles. The van der Waals surface area contributed by atoms with Crippen LogP contribution >= 0.6 is 0 Å². The first kappa shape index (κ1) is 37.3. The number of fused-ring (bicyclic) bond motifs is 5. The summed E-state index contributed by atoms with van der Waals surface area (Å²) in [6.07, 6.45) is 0. The average molecular weight is 815 g/mol. The van der Waals surface area contributed by atoms with Crippen molar-refractivity contribution in [3.63, 3.8) is 0 Å². The lowest BCUT2D eigenvalue weighted by atomic mass is 9.85. The number of hydrogen-bond donors (Lipinski definition) is 0. The lowest BCUT2D eigenvalue weighted by Gasteiger charge is -2.26. The molecular weight excluding hydrogens is 773 g/mol. The molecule has 0 aliphatic carbocycles. The third-order valence-electron chi connectivity index (χ3n) is 12.8. The molecule has 0 saturated carbocycles. The first-order chi connectivity index (χ1) is 31.8. The standard InChI is InChI=1S/C62H42N2/c1-5-17-46(18-6-1)61-54-26-13-14-27-55(54)62(47-19-7-2-8-20-47)58-41-48(35-39-56(58)61)45-31-29-43(30-32-45)44-33-36-51(37-34-44)63(49-21-9-3-10-22-49)52-38-40-60-57(42-52)53-25-15-16-28-59(53)64(60)50-23-11-4-12-24-50/h1-42H. The van der Waals surface area contributed by atoms with Gasteiger partial charge in [-0.1, -0.05) is 188 Å². The van der Waals surface area contributed by atoms with E-state index < -0.39 is 0 Å². The highest BCUT2D eigenvalue weighted by atomic mass is 15.1. The summed E-state index contributed by atoms with van der Waals surface area (Å²) >= 11 is 0. The lowest BCUT2D eigenvalue weighted by Crippen LogP contribution is -2.09. The minimum absolute atomic E-state index is 1.10. The zero-order valence-corrected chi connectivity index (χ0v) is 35.1. The van der Waals surface area contributed by atoms with Gasteiger partial charge in [0.15, 0.2) is 0 Å². The molecule has 64 heavy (non-hydrogen) atoms. The van der Waals surface area contributed by atoms with E-state index in [1.165, 1.54) is 87.9 Å². The number of rotatable bonds is 8. The fraction of sp³-hybridized carbons (Fsp3) is 0. The van der Waals surface area contributed by atoms with E-state index in [1.54, 1.807) is 0 Å². The first-order valence-corrected chi connectivity index (χ1v) is 22.0. The Morgan fingerprint density at radius 2 is 0.656 bits per heavy atom. The summed E-state index contributed by atoms with van der Waals surface area (Å²) in [6.45, 7) is 0. The molecule has 0 atom stereocenters. The van der Waals surface area contributed by atoms with Gasteiger partial charge in [0.1, 0.15) is 0 Å². The maximum absolute atomic E-state index is 2.40. The van der Waals surface area contributed by atoms with Crippen LogP contribution in [0.4, 0.5) is 17.1 Å². The van der Waals surface area contributed by atoms with E-state index in [4.69, 9.17) is 0 Å². The molecule has 12 aromatic rings. The molecule has 0 radical (unpaired) electrons. The quantitative estimate of drug-likeness (QED) is 0.139. The van der Waals surface area contributed by atoms with Crippen molar-refractivity contribution in [1.29, 1.82) is 0 Å². The van der Waals surface area contributed by atoms with Crippen LogP contribution in [0.15, 0.2) is 255 Å². The molecule has 1 heterocycles. The normalized spacial score (nSPS) is 11.4. The van der Waals surface area contributed by atoms with Crippen LogP contribution in [0.1, 0.15) is 0 Å². The van der Waals surface area contributed by atoms with E-state index in [9.17, 15) is 0 Å². The van der Waals surface area contributed by atoms with Crippen molar-refractivity contribution in [1.82, 2.24) is 4.57 Å². The molecule has 2 nitrogen and oxygen atoms in total. The summed E-state index contributed by atoms with van der Waals surface area (Å²) in [5.41, 5.74) is 16.6. The SMILES string of the molecule is c1ccc(-c2c3ccccc3c(-c3ccccc3)c3cc(-c4ccc(-c5ccc(N(c6ccccc6)c6ccc7c(c6)c6ccccc6n7-c6ccccc6)cc5)cc4)ccc23)cc1. The fourth-order valence-electron chi connectivity index (χ4n) is 9.83. The predicted octanol–water partition coefficient (Wildman–Crippen LogP) is 17.2. The Bertz CT molecular complexity index is 3610. The summed E-state index contributed by atoms with van der Waals surface area (Å²) in [5.74, 6) is 0. The van der Waals surface area contributed by atoms with Gasteiger partial charge in [-0.15, -0.1) is 0 Å². The lowest BCUT2D eigenvalue weighted by molar-refractivity contribution is 1.18. The highest BCUT2D eigenvalue weighted by molar-refractivity contribution is 6.22. The molecule has 1 aromatic heterocycles. The highest BCUT2D eigenvalue weighted by Gasteiger charge is 2.19. The van der Waals surface area contributed by atoms with Crippen LogP contribution in [0.3, 0.4) is 0 Å². The molecule has 0 bridgehead atoms. The van der Waals surface area contributed by atoms with Gasteiger partial charge < -0.3 is 9.47 Å². The van der Waals surface area contributed by atoms with Crippen LogP contribution in [-0.2, 0) is 0 Å². The molecule has 0 aliphatic rings. The Morgan fingerprint density at radius 3 is 1.28 bits per heavy atom. The van der Waals surface area contributed by atoms with E-state index >= 15 is 0 Å².